The number of phosphoric ester groups is 1. The van der Waals surface area contributed by atoms with Crippen molar-refractivity contribution in [1.29, 1.82) is 0 Å². The van der Waals surface area contributed by atoms with Gasteiger partial charge in [0.25, 0.3) is 0 Å². The van der Waals surface area contributed by atoms with Gasteiger partial charge >= 0.3 is 19.8 Å². The molecule has 0 heterocycles. The van der Waals surface area contributed by atoms with Crippen molar-refractivity contribution in [2.75, 3.05) is 40.5 Å². The van der Waals surface area contributed by atoms with Crippen molar-refractivity contribution < 1.29 is 37.6 Å². The van der Waals surface area contributed by atoms with Gasteiger partial charge in [0.15, 0.2) is 6.10 Å². The van der Waals surface area contributed by atoms with Crippen LogP contribution in [0.5, 0.6) is 0 Å². The number of allylic oxidation sites excluding steroid dienone is 8. The Bertz CT molecular complexity index is 1060. The average Bonchev–Trinajstić information content (AvgIpc) is 3.15. The number of unbranched alkanes of at least 4 members (excludes halogenated alkanes) is 18. The summed E-state index contributed by atoms with van der Waals surface area (Å²) in [4.78, 5) is 37.0. The van der Waals surface area contributed by atoms with Crippen LogP contribution in [0.25, 0.3) is 0 Å². The lowest BCUT2D eigenvalue weighted by Crippen LogP contribution is -2.29. The molecule has 10 heteroatoms. The first-order valence-electron chi connectivity index (χ1n) is 21.9. The molecule has 0 saturated heterocycles. The van der Waals surface area contributed by atoms with E-state index in [9.17, 15) is 19.0 Å². The van der Waals surface area contributed by atoms with E-state index in [2.05, 4.69) is 62.5 Å². The molecule has 0 aromatic carbocycles. The smallest absolute Gasteiger partial charge is 0.462 e. The highest BCUT2D eigenvalue weighted by molar-refractivity contribution is 7.47. The Balaban J connectivity index is 4.32. The van der Waals surface area contributed by atoms with E-state index in [-0.39, 0.29) is 32.0 Å². The molecule has 0 aromatic rings. The molecule has 9 nitrogen and oxygen atoms in total. The predicted molar refractivity (Wildman–Crippen MR) is 229 cm³/mol. The molecule has 0 aromatic heterocycles. The molecule has 0 radical (unpaired) electrons. The van der Waals surface area contributed by atoms with Crippen LogP contribution in [0.4, 0.5) is 0 Å². The molecule has 0 aliphatic carbocycles. The van der Waals surface area contributed by atoms with Crippen molar-refractivity contribution in [2.45, 2.75) is 187 Å². The van der Waals surface area contributed by atoms with Crippen LogP contribution in [0.15, 0.2) is 48.6 Å². The van der Waals surface area contributed by atoms with Crippen LogP contribution in [0.1, 0.15) is 181 Å². The number of likely N-dealkylation sites (N-methyl/N-ethyl adjacent to an activating group) is 1. The van der Waals surface area contributed by atoms with Crippen LogP contribution in [-0.4, -0.2) is 68.3 Å². The van der Waals surface area contributed by atoms with Crippen molar-refractivity contribution in [3.05, 3.63) is 48.6 Å². The van der Waals surface area contributed by atoms with Gasteiger partial charge in [-0.3, -0.25) is 18.6 Å². The highest BCUT2D eigenvalue weighted by Gasteiger charge is 2.26. The summed E-state index contributed by atoms with van der Waals surface area (Å²) in [5.41, 5.74) is 0. The second-order valence-electron chi connectivity index (χ2n) is 14.8. The molecule has 0 aliphatic heterocycles. The summed E-state index contributed by atoms with van der Waals surface area (Å²) in [6.45, 7) is 4.17. The molecule has 2 atom stereocenters. The molecule has 1 N–H and O–H groups in total. The number of phosphoric acid groups is 1. The molecule has 55 heavy (non-hydrogen) atoms. The Kier molecular flexibility index (Phi) is 38.7. The molecule has 0 aliphatic rings. The summed E-state index contributed by atoms with van der Waals surface area (Å²) in [6.07, 6.45) is 44.5. The number of hydrogen-bond donors (Lipinski definition) is 1. The summed E-state index contributed by atoms with van der Waals surface area (Å²) >= 11 is 0. The average molecular weight is 796 g/mol. The lowest BCUT2D eigenvalue weighted by atomic mass is 10.0. The number of nitrogens with zero attached hydrogens (tertiary/aromatic N) is 1. The minimum atomic E-state index is -4.37. The lowest BCUT2D eigenvalue weighted by molar-refractivity contribution is -0.161. The zero-order valence-electron chi connectivity index (χ0n) is 35.6. The van der Waals surface area contributed by atoms with Crippen LogP contribution in [-0.2, 0) is 32.7 Å². The van der Waals surface area contributed by atoms with Crippen LogP contribution in [0.3, 0.4) is 0 Å². The minimum absolute atomic E-state index is 0.00114. The predicted octanol–water partition coefficient (Wildman–Crippen LogP) is 12.5. The molecule has 0 rings (SSSR count). The quantitative estimate of drug-likeness (QED) is 0.0280. The molecular formula is C45H82NO8P. The maximum Gasteiger partial charge on any atom is 0.472 e. The fraction of sp³-hybridized carbons (Fsp3) is 0.778. The van der Waals surface area contributed by atoms with Gasteiger partial charge in [0.1, 0.15) is 6.61 Å². The van der Waals surface area contributed by atoms with Gasteiger partial charge in [0.2, 0.25) is 0 Å². The maximum atomic E-state index is 12.6. The first-order valence-corrected chi connectivity index (χ1v) is 23.4. The van der Waals surface area contributed by atoms with Crippen LogP contribution < -0.4 is 0 Å². The summed E-state index contributed by atoms with van der Waals surface area (Å²) in [5.74, 6) is -0.849. The van der Waals surface area contributed by atoms with Gasteiger partial charge in [-0.25, -0.2) is 4.57 Å². The lowest BCUT2D eigenvalue weighted by Gasteiger charge is -2.20. The summed E-state index contributed by atoms with van der Waals surface area (Å²) in [7, 11) is -0.734. The van der Waals surface area contributed by atoms with Crippen molar-refractivity contribution in [2.24, 2.45) is 0 Å². The minimum Gasteiger partial charge on any atom is -0.462 e. The Labute approximate surface area is 337 Å². The Hall–Kier alpha value is -2.03. The number of carbonyl (C=O) groups is 2. The monoisotopic (exact) mass is 796 g/mol. The SMILES string of the molecule is CC/C=C\C/C=C\C/C=C\C/C=C\CCCCC(=O)OC(COC(=O)CCCCCCCCCCCCCCCCCCC)COP(=O)(O)OCCN(C)C. The Morgan fingerprint density at radius 1 is 0.582 bits per heavy atom. The number of rotatable bonds is 40. The normalized spacial score (nSPS) is 13.9. The maximum absolute atomic E-state index is 12.6. The zero-order chi connectivity index (χ0) is 40.5. The van der Waals surface area contributed by atoms with E-state index in [1.165, 1.54) is 89.9 Å². The van der Waals surface area contributed by atoms with Crippen molar-refractivity contribution in [1.82, 2.24) is 4.90 Å². The number of carbonyl (C=O) groups excluding carboxylic acids is 2. The van der Waals surface area contributed by atoms with Gasteiger partial charge in [-0.1, -0.05) is 165 Å². The van der Waals surface area contributed by atoms with Crippen LogP contribution >= 0.6 is 7.82 Å². The summed E-state index contributed by atoms with van der Waals surface area (Å²) in [6, 6.07) is 0. The van der Waals surface area contributed by atoms with Crippen LogP contribution in [0, 0.1) is 0 Å². The second kappa shape index (κ2) is 40.2. The molecule has 0 bridgehead atoms. The molecule has 0 fully saturated rings. The van der Waals surface area contributed by atoms with E-state index >= 15 is 0 Å². The number of hydrogen-bond acceptors (Lipinski definition) is 8. The van der Waals surface area contributed by atoms with Gasteiger partial charge in [-0.15, -0.1) is 0 Å². The highest BCUT2D eigenvalue weighted by atomic mass is 31.2. The van der Waals surface area contributed by atoms with E-state index in [1.54, 1.807) is 0 Å². The number of ether oxygens (including phenoxy) is 2. The van der Waals surface area contributed by atoms with E-state index in [1.807, 2.05) is 19.0 Å². The molecular weight excluding hydrogens is 713 g/mol. The largest absolute Gasteiger partial charge is 0.472 e. The Morgan fingerprint density at radius 2 is 1.04 bits per heavy atom. The Morgan fingerprint density at radius 3 is 1.55 bits per heavy atom. The highest BCUT2D eigenvalue weighted by Crippen LogP contribution is 2.43. The fourth-order valence-corrected chi connectivity index (χ4v) is 6.54. The van der Waals surface area contributed by atoms with E-state index in [0.29, 0.717) is 13.0 Å². The van der Waals surface area contributed by atoms with Crippen molar-refractivity contribution >= 4 is 19.8 Å². The standard InChI is InChI=1S/C45H82NO8P/c1-5-7-9-11-13-15-17-19-21-22-24-25-27-29-31-33-35-37-44(47)51-41-43(42-53-55(49,50)52-40-39-46(3)4)54-45(48)38-36-34-32-30-28-26-23-20-18-16-14-12-10-8-6-2/h8,10,14,16,20,23,28,30,43H,5-7,9,11-13,15,17-19,21-22,24-27,29,31-42H2,1-4H3,(H,49,50)/b10-8-,16-14-,23-20-,30-28-. The zero-order valence-corrected chi connectivity index (χ0v) is 36.5. The van der Waals surface area contributed by atoms with Gasteiger partial charge in [0.05, 0.1) is 13.2 Å². The van der Waals surface area contributed by atoms with E-state index in [0.717, 1.165) is 57.8 Å². The molecule has 0 saturated carbocycles. The number of esters is 2. The van der Waals surface area contributed by atoms with E-state index < -0.39 is 26.5 Å². The first-order chi connectivity index (χ1) is 26.7. The van der Waals surface area contributed by atoms with Gasteiger partial charge in [-0.05, 0) is 65.5 Å². The first kappa shape index (κ1) is 53.0. The summed E-state index contributed by atoms with van der Waals surface area (Å²) < 4.78 is 33.4. The van der Waals surface area contributed by atoms with E-state index in [4.69, 9.17) is 18.5 Å². The molecule has 0 amide bonds. The molecule has 320 valence electrons. The van der Waals surface area contributed by atoms with Crippen molar-refractivity contribution in [3.8, 4) is 0 Å². The topological polar surface area (TPSA) is 112 Å². The third kappa shape index (κ3) is 41.4. The van der Waals surface area contributed by atoms with Gasteiger partial charge in [-0.2, -0.15) is 0 Å². The van der Waals surface area contributed by atoms with Crippen molar-refractivity contribution in [3.63, 3.8) is 0 Å². The third-order valence-corrected chi connectivity index (χ3v) is 10.1. The third-order valence-electron chi connectivity index (χ3n) is 9.15. The summed E-state index contributed by atoms with van der Waals surface area (Å²) in [5, 5.41) is 0. The van der Waals surface area contributed by atoms with Gasteiger partial charge < -0.3 is 19.3 Å². The molecule has 0 spiro atoms. The second-order valence-corrected chi connectivity index (χ2v) is 16.3. The van der Waals surface area contributed by atoms with Crippen LogP contribution in [0.2, 0.25) is 0 Å². The fourth-order valence-electron chi connectivity index (χ4n) is 5.80. The van der Waals surface area contributed by atoms with Gasteiger partial charge in [0, 0.05) is 19.4 Å². The molecule has 2 unspecified atom stereocenters.